The molecule has 1 heterocycles. The van der Waals surface area contributed by atoms with Crippen molar-refractivity contribution in [2.45, 2.75) is 12.8 Å². The Labute approximate surface area is 98.2 Å². The summed E-state index contributed by atoms with van der Waals surface area (Å²) in [4.78, 5) is 2.36. The van der Waals surface area contributed by atoms with E-state index in [0.29, 0.717) is 0 Å². The molecule has 0 unspecified atom stereocenters. The number of hydrogen-bond acceptors (Lipinski definition) is 1. The summed E-state index contributed by atoms with van der Waals surface area (Å²) in [6.07, 6.45) is 4.73. The summed E-state index contributed by atoms with van der Waals surface area (Å²) in [5.74, 6) is 0. The van der Waals surface area contributed by atoms with Crippen LogP contribution < -0.4 is 0 Å². The first-order valence-electron chi connectivity index (χ1n) is 5.25. The van der Waals surface area contributed by atoms with Gasteiger partial charge in [0.15, 0.2) is 0 Å². The van der Waals surface area contributed by atoms with Crippen molar-refractivity contribution in [3.63, 3.8) is 0 Å². The van der Waals surface area contributed by atoms with Crippen LogP contribution in [0.4, 0.5) is 0 Å². The van der Waals surface area contributed by atoms with Gasteiger partial charge in [0.25, 0.3) is 0 Å². The maximum Gasteiger partial charge on any atom is 0.0163 e. The van der Waals surface area contributed by atoms with Crippen LogP contribution in [-0.2, 0) is 6.42 Å². The molecule has 15 heavy (non-hydrogen) atoms. The van der Waals surface area contributed by atoms with Crippen LogP contribution in [0.1, 0.15) is 12.0 Å². The van der Waals surface area contributed by atoms with Crippen LogP contribution in [0, 0.1) is 0 Å². The Morgan fingerprint density at radius 3 is 2.53 bits per heavy atom. The van der Waals surface area contributed by atoms with E-state index in [-0.39, 0.29) is 12.4 Å². The molecule has 0 saturated carbocycles. The number of halogens is 1. The van der Waals surface area contributed by atoms with E-state index in [4.69, 9.17) is 0 Å². The third kappa shape index (κ3) is 3.69. The number of hydrogen-bond donors (Lipinski definition) is 0. The molecule has 1 aromatic carbocycles. The van der Waals surface area contributed by atoms with E-state index in [1.54, 1.807) is 5.57 Å². The molecule has 0 N–H and O–H groups in total. The Bertz CT molecular complexity index is 319. The van der Waals surface area contributed by atoms with Crippen molar-refractivity contribution in [2.75, 3.05) is 20.1 Å². The maximum atomic E-state index is 2.37. The van der Waals surface area contributed by atoms with Crippen LogP contribution in [0.3, 0.4) is 0 Å². The van der Waals surface area contributed by atoms with Crippen LogP contribution in [0.25, 0.3) is 0 Å². The Morgan fingerprint density at radius 2 is 1.93 bits per heavy atom. The Kier molecular flexibility index (Phi) is 4.86. The standard InChI is InChI=1S/C13H17N.ClH/c1-14-9-7-13(8-10-14)11-12-5-3-2-4-6-12;/h2-7H,8-11H2,1H3;1H. The summed E-state index contributed by atoms with van der Waals surface area (Å²) in [7, 11) is 2.18. The summed E-state index contributed by atoms with van der Waals surface area (Å²) in [6, 6.07) is 10.7. The number of rotatable bonds is 2. The topological polar surface area (TPSA) is 3.24 Å². The summed E-state index contributed by atoms with van der Waals surface area (Å²) < 4.78 is 0. The molecule has 2 heteroatoms. The summed E-state index contributed by atoms with van der Waals surface area (Å²) in [5, 5.41) is 0. The molecule has 0 aromatic heterocycles. The molecule has 0 spiro atoms. The molecule has 1 aliphatic heterocycles. The Balaban J connectivity index is 0.00000112. The molecule has 0 aliphatic carbocycles. The van der Waals surface area contributed by atoms with Crippen LogP contribution in [-0.4, -0.2) is 25.0 Å². The molecule has 0 fully saturated rings. The number of likely N-dealkylation sites (N-methyl/N-ethyl adjacent to an activating group) is 1. The molecule has 0 radical (unpaired) electrons. The zero-order valence-electron chi connectivity index (χ0n) is 9.15. The van der Waals surface area contributed by atoms with Gasteiger partial charge in [-0.05, 0) is 25.5 Å². The van der Waals surface area contributed by atoms with Gasteiger partial charge in [0, 0.05) is 13.1 Å². The van der Waals surface area contributed by atoms with Crippen molar-refractivity contribution in [1.82, 2.24) is 4.90 Å². The predicted octanol–water partition coefficient (Wildman–Crippen LogP) is 2.91. The lowest BCUT2D eigenvalue weighted by molar-refractivity contribution is 0.357. The predicted molar refractivity (Wildman–Crippen MR) is 67.6 cm³/mol. The minimum absolute atomic E-state index is 0. The molecule has 0 saturated heterocycles. The second kappa shape index (κ2) is 5.94. The van der Waals surface area contributed by atoms with E-state index < -0.39 is 0 Å². The molecule has 2 rings (SSSR count). The molecular weight excluding hydrogens is 206 g/mol. The zero-order valence-corrected chi connectivity index (χ0v) is 9.96. The first-order valence-corrected chi connectivity index (χ1v) is 5.25. The highest BCUT2D eigenvalue weighted by atomic mass is 35.5. The lowest BCUT2D eigenvalue weighted by Gasteiger charge is -2.21. The van der Waals surface area contributed by atoms with E-state index in [2.05, 4.69) is 48.4 Å². The lowest BCUT2D eigenvalue weighted by Crippen LogP contribution is -2.24. The lowest BCUT2D eigenvalue weighted by atomic mass is 10.00. The van der Waals surface area contributed by atoms with Crippen LogP contribution >= 0.6 is 12.4 Å². The Hall–Kier alpha value is -0.790. The first-order chi connectivity index (χ1) is 6.84. The van der Waals surface area contributed by atoms with Crippen molar-refractivity contribution in [3.8, 4) is 0 Å². The van der Waals surface area contributed by atoms with Gasteiger partial charge in [0.1, 0.15) is 0 Å². The highest BCUT2D eigenvalue weighted by Gasteiger charge is 2.07. The fourth-order valence-electron chi connectivity index (χ4n) is 1.83. The minimum atomic E-state index is 0. The van der Waals surface area contributed by atoms with E-state index in [9.17, 15) is 0 Å². The zero-order chi connectivity index (χ0) is 9.80. The molecule has 0 bridgehead atoms. The molecular formula is C13H18ClN. The van der Waals surface area contributed by atoms with E-state index >= 15 is 0 Å². The fraction of sp³-hybridized carbons (Fsp3) is 0.385. The largest absolute Gasteiger partial charge is 0.302 e. The van der Waals surface area contributed by atoms with E-state index in [0.717, 1.165) is 13.0 Å². The number of nitrogens with zero attached hydrogens (tertiary/aromatic N) is 1. The summed E-state index contributed by atoms with van der Waals surface area (Å²) in [6.45, 7) is 2.32. The number of benzene rings is 1. The average molecular weight is 224 g/mol. The van der Waals surface area contributed by atoms with Crippen LogP contribution in [0.2, 0.25) is 0 Å². The normalized spacial score (nSPS) is 16.7. The van der Waals surface area contributed by atoms with E-state index in [1.807, 2.05) is 0 Å². The van der Waals surface area contributed by atoms with Crippen molar-refractivity contribution in [2.24, 2.45) is 0 Å². The molecule has 1 aromatic rings. The van der Waals surface area contributed by atoms with Crippen molar-refractivity contribution in [3.05, 3.63) is 47.5 Å². The van der Waals surface area contributed by atoms with Crippen LogP contribution in [0.15, 0.2) is 42.0 Å². The van der Waals surface area contributed by atoms with Crippen molar-refractivity contribution >= 4 is 12.4 Å². The summed E-state index contributed by atoms with van der Waals surface area (Å²) >= 11 is 0. The van der Waals surface area contributed by atoms with Gasteiger partial charge in [0.05, 0.1) is 0 Å². The molecule has 0 atom stereocenters. The van der Waals surface area contributed by atoms with Gasteiger partial charge < -0.3 is 4.90 Å². The van der Waals surface area contributed by atoms with E-state index in [1.165, 1.54) is 18.5 Å². The second-order valence-electron chi connectivity index (χ2n) is 4.04. The van der Waals surface area contributed by atoms with Gasteiger partial charge >= 0.3 is 0 Å². The second-order valence-corrected chi connectivity index (χ2v) is 4.04. The minimum Gasteiger partial charge on any atom is -0.302 e. The summed E-state index contributed by atoms with van der Waals surface area (Å²) in [5.41, 5.74) is 3.03. The van der Waals surface area contributed by atoms with Gasteiger partial charge in [-0.15, -0.1) is 12.4 Å². The van der Waals surface area contributed by atoms with Gasteiger partial charge in [-0.2, -0.15) is 0 Å². The van der Waals surface area contributed by atoms with Crippen LogP contribution in [0.5, 0.6) is 0 Å². The SMILES string of the molecule is CN1CC=C(Cc2ccccc2)CC1.Cl. The first kappa shape index (κ1) is 12.3. The third-order valence-electron chi connectivity index (χ3n) is 2.78. The van der Waals surface area contributed by atoms with Gasteiger partial charge in [0.2, 0.25) is 0 Å². The van der Waals surface area contributed by atoms with Gasteiger partial charge in [-0.1, -0.05) is 42.0 Å². The molecule has 0 amide bonds. The highest BCUT2D eigenvalue weighted by Crippen LogP contribution is 2.14. The quantitative estimate of drug-likeness (QED) is 0.697. The van der Waals surface area contributed by atoms with Gasteiger partial charge in [-0.25, -0.2) is 0 Å². The highest BCUT2D eigenvalue weighted by molar-refractivity contribution is 5.85. The maximum absolute atomic E-state index is 2.37. The smallest absolute Gasteiger partial charge is 0.0163 e. The molecule has 1 nitrogen and oxygen atoms in total. The Morgan fingerprint density at radius 1 is 1.20 bits per heavy atom. The third-order valence-corrected chi connectivity index (χ3v) is 2.78. The fourth-order valence-corrected chi connectivity index (χ4v) is 1.83. The molecule has 1 aliphatic rings. The van der Waals surface area contributed by atoms with Crippen molar-refractivity contribution < 1.29 is 0 Å². The van der Waals surface area contributed by atoms with Gasteiger partial charge in [-0.3, -0.25) is 0 Å². The molecule has 82 valence electrons. The monoisotopic (exact) mass is 223 g/mol. The van der Waals surface area contributed by atoms with Crippen molar-refractivity contribution in [1.29, 1.82) is 0 Å². The average Bonchev–Trinajstić information content (AvgIpc) is 2.23.